The number of nitrogens with zero attached hydrogens (tertiary/aromatic N) is 4. The summed E-state index contributed by atoms with van der Waals surface area (Å²) in [6, 6.07) is 9.39. The Morgan fingerprint density at radius 1 is 1.14 bits per heavy atom. The molecule has 0 atom stereocenters. The minimum Gasteiger partial charge on any atom is -0.437 e. The maximum Gasteiger partial charge on any atom is 0.237 e. The minimum absolute atomic E-state index is 0.107. The van der Waals surface area contributed by atoms with E-state index in [0.29, 0.717) is 11.6 Å². The van der Waals surface area contributed by atoms with Gasteiger partial charge >= 0.3 is 0 Å². The van der Waals surface area contributed by atoms with Gasteiger partial charge in [-0.05, 0) is 18.2 Å². The number of oxime groups is 1. The summed E-state index contributed by atoms with van der Waals surface area (Å²) in [5, 5.41) is 12.4. The Morgan fingerprint density at radius 2 is 2.05 bits per heavy atom. The molecule has 0 aliphatic rings. The molecule has 0 amide bonds. The first-order chi connectivity index (χ1) is 10.3. The lowest BCUT2D eigenvalue weighted by molar-refractivity contribution is 0.318. The normalized spacial score (nSPS) is 11.5. The molecular formula is C14H11N5O2. The van der Waals surface area contributed by atoms with Crippen LogP contribution >= 0.6 is 0 Å². The maximum absolute atomic E-state index is 8.55. The monoisotopic (exact) mass is 281 g/mol. The van der Waals surface area contributed by atoms with Crippen molar-refractivity contribution in [1.82, 2.24) is 15.0 Å². The van der Waals surface area contributed by atoms with Crippen LogP contribution in [0.3, 0.4) is 0 Å². The van der Waals surface area contributed by atoms with Crippen LogP contribution in [0.25, 0.3) is 10.9 Å². The van der Waals surface area contributed by atoms with E-state index in [0.717, 1.165) is 10.9 Å². The number of ether oxygens (including phenoxy) is 1. The molecule has 1 aromatic carbocycles. The van der Waals surface area contributed by atoms with Crippen molar-refractivity contribution in [3.8, 4) is 11.6 Å². The Hall–Kier alpha value is -3.22. The van der Waals surface area contributed by atoms with Gasteiger partial charge in [0.15, 0.2) is 5.84 Å². The molecule has 0 spiro atoms. The lowest BCUT2D eigenvalue weighted by Gasteiger charge is -2.05. The first kappa shape index (κ1) is 12.8. The highest BCUT2D eigenvalue weighted by molar-refractivity contribution is 5.94. The van der Waals surface area contributed by atoms with Crippen LogP contribution in [0, 0.1) is 0 Å². The van der Waals surface area contributed by atoms with Gasteiger partial charge in [-0.3, -0.25) is 4.98 Å². The number of pyridine rings is 1. The Balaban J connectivity index is 1.84. The maximum atomic E-state index is 8.55. The lowest BCUT2D eigenvalue weighted by atomic mass is 10.2. The molecule has 3 rings (SSSR count). The second-order valence-corrected chi connectivity index (χ2v) is 4.19. The fourth-order valence-electron chi connectivity index (χ4n) is 1.78. The predicted molar refractivity (Wildman–Crippen MR) is 76.4 cm³/mol. The molecule has 0 aliphatic carbocycles. The van der Waals surface area contributed by atoms with Gasteiger partial charge in [-0.15, -0.1) is 0 Å². The summed E-state index contributed by atoms with van der Waals surface area (Å²) in [6.07, 6.45) is 4.48. The molecule has 0 saturated heterocycles. The predicted octanol–water partition coefficient (Wildman–Crippen LogP) is 1.91. The van der Waals surface area contributed by atoms with Crippen LogP contribution in [-0.2, 0) is 0 Å². The minimum atomic E-state index is -0.107. The number of benzene rings is 1. The van der Waals surface area contributed by atoms with Crippen molar-refractivity contribution in [2.24, 2.45) is 10.9 Å². The molecule has 0 bridgehead atoms. The van der Waals surface area contributed by atoms with E-state index in [4.69, 9.17) is 15.7 Å². The van der Waals surface area contributed by atoms with Crippen LogP contribution in [-0.4, -0.2) is 26.0 Å². The number of fused-ring (bicyclic) bond motifs is 1. The van der Waals surface area contributed by atoms with Gasteiger partial charge in [0.2, 0.25) is 5.88 Å². The van der Waals surface area contributed by atoms with Crippen molar-refractivity contribution >= 4 is 16.7 Å². The third kappa shape index (κ3) is 2.71. The molecule has 7 heteroatoms. The number of hydrogen-bond donors (Lipinski definition) is 2. The molecule has 104 valence electrons. The third-order valence-electron chi connectivity index (χ3n) is 2.80. The van der Waals surface area contributed by atoms with Crippen LogP contribution in [0.1, 0.15) is 5.69 Å². The van der Waals surface area contributed by atoms with Gasteiger partial charge < -0.3 is 15.7 Å². The summed E-state index contributed by atoms with van der Waals surface area (Å²) in [4.78, 5) is 12.3. The fraction of sp³-hybridized carbons (Fsp3) is 0. The van der Waals surface area contributed by atoms with Crippen molar-refractivity contribution in [3.05, 3.63) is 54.6 Å². The number of aromatic nitrogens is 3. The Kier molecular flexibility index (Phi) is 3.30. The van der Waals surface area contributed by atoms with Gasteiger partial charge in [0.25, 0.3) is 0 Å². The molecule has 0 aliphatic heterocycles. The van der Waals surface area contributed by atoms with E-state index in [9.17, 15) is 0 Å². The standard InChI is InChI=1S/C14H11N5O2/c15-14(19-20)12-7-18-13(8-17-12)21-10-4-3-9-2-1-5-16-11(9)6-10/h1-8,20H,(H2,15,19). The van der Waals surface area contributed by atoms with Crippen molar-refractivity contribution < 1.29 is 9.94 Å². The molecule has 3 aromatic rings. The number of amidine groups is 1. The largest absolute Gasteiger partial charge is 0.437 e. The van der Waals surface area contributed by atoms with Crippen LogP contribution in [0.4, 0.5) is 0 Å². The highest BCUT2D eigenvalue weighted by atomic mass is 16.5. The van der Waals surface area contributed by atoms with Crippen LogP contribution in [0.2, 0.25) is 0 Å². The zero-order valence-corrected chi connectivity index (χ0v) is 10.8. The molecule has 0 unspecified atom stereocenters. The van der Waals surface area contributed by atoms with Gasteiger partial charge in [-0.1, -0.05) is 11.2 Å². The lowest BCUT2D eigenvalue weighted by Crippen LogP contribution is -2.15. The summed E-state index contributed by atoms with van der Waals surface area (Å²) in [5.41, 5.74) is 6.51. The molecule has 2 heterocycles. The highest BCUT2D eigenvalue weighted by Crippen LogP contribution is 2.22. The molecule has 0 fully saturated rings. The Labute approximate surface area is 119 Å². The van der Waals surface area contributed by atoms with Crippen molar-refractivity contribution in [3.63, 3.8) is 0 Å². The highest BCUT2D eigenvalue weighted by Gasteiger charge is 2.04. The van der Waals surface area contributed by atoms with E-state index in [1.807, 2.05) is 30.3 Å². The fourth-order valence-corrected chi connectivity index (χ4v) is 1.78. The summed E-state index contributed by atoms with van der Waals surface area (Å²) in [6.45, 7) is 0. The molecule has 7 nitrogen and oxygen atoms in total. The van der Waals surface area contributed by atoms with Gasteiger partial charge in [-0.2, -0.15) is 0 Å². The number of nitrogens with two attached hydrogens (primary N) is 1. The van der Waals surface area contributed by atoms with E-state index in [1.165, 1.54) is 12.4 Å². The zero-order chi connectivity index (χ0) is 14.7. The molecule has 3 N–H and O–H groups in total. The van der Waals surface area contributed by atoms with Gasteiger partial charge in [-0.25, -0.2) is 9.97 Å². The molecule has 2 aromatic heterocycles. The van der Waals surface area contributed by atoms with Gasteiger partial charge in [0, 0.05) is 17.6 Å². The SMILES string of the molecule is N/C(=N/O)c1cnc(Oc2ccc3cccnc3c2)cn1. The Morgan fingerprint density at radius 3 is 2.81 bits per heavy atom. The summed E-state index contributed by atoms with van der Waals surface area (Å²) >= 11 is 0. The summed E-state index contributed by atoms with van der Waals surface area (Å²) in [7, 11) is 0. The first-order valence-electron chi connectivity index (χ1n) is 6.09. The summed E-state index contributed by atoms with van der Waals surface area (Å²) < 4.78 is 5.60. The topological polar surface area (TPSA) is 107 Å². The van der Waals surface area contributed by atoms with Crippen LogP contribution in [0.15, 0.2) is 54.1 Å². The van der Waals surface area contributed by atoms with E-state index in [1.54, 1.807) is 6.20 Å². The number of hydrogen-bond acceptors (Lipinski definition) is 6. The van der Waals surface area contributed by atoms with Crippen molar-refractivity contribution in [1.29, 1.82) is 0 Å². The van der Waals surface area contributed by atoms with Crippen LogP contribution in [0.5, 0.6) is 11.6 Å². The van der Waals surface area contributed by atoms with E-state index in [-0.39, 0.29) is 11.5 Å². The van der Waals surface area contributed by atoms with Crippen LogP contribution < -0.4 is 10.5 Å². The van der Waals surface area contributed by atoms with E-state index < -0.39 is 0 Å². The number of rotatable bonds is 3. The molecule has 0 saturated carbocycles. The zero-order valence-electron chi connectivity index (χ0n) is 10.8. The Bertz CT molecular complexity index is 802. The summed E-state index contributed by atoms with van der Waals surface area (Å²) in [5.74, 6) is 0.802. The van der Waals surface area contributed by atoms with E-state index >= 15 is 0 Å². The van der Waals surface area contributed by atoms with Gasteiger partial charge in [0.1, 0.15) is 11.4 Å². The second-order valence-electron chi connectivity index (χ2n) is 4.19. The quantitative estimate of drug-likeness (QED) is 0.329. The average Bonchev–Trinajstić information content (AvgIpc) is 2.55. The van der Waals surface area contributed by atoms with E-state index in [2.05, 4.69) is 20.1 Å². The molecule has 0 radical (unpaired) electrons. The van der Waals surface area contributed by atoms with Gasteiger partial charge in [0.05, 0.1) is 17.9 Å². The molecule has 21 heavy (non-hydrogen) atoms. The molecular weight excluding hydrogens is 270 g/mol. The van der Waals surface area contributed by atoms with Crippen molar-refractivity contribution in [2.45, 2.75) is 0 Å². The third-order valence-corrected chi connectivity index (χ3v) is 2.80. The average molecular weight is 281 g/mol. The van der Waals surface area contributed by atoms with Crippen molar-refractivity contribution in [2.75, 3.05) is 0 Å². The second kappa shape index (κ2) is 5.41. The smallest absolute Gasteiger partial charge is 0.237 e. The first-order valence-corrected chi connectivity index (χ1v) is 6.09.